The summed E-state index contributed by atoms with van der Waals surface area (Å²) in [5.74, 6) is -0.219. The smallest absolute Gasteiger partial charge is 0.318 e. The van der Waals surface area contributed by atoms with E-state index in [1.54, 1.807) is 4.90 Å². The van der Waals surface area contributed by atoms with Crippen LogP contribution in [-0.4, -0.2) is 24.5 Å². The number of rotatable bonds is 1. The Morgan fingerprint density at radius 3 is 2.37 bits per heavy atom. The number of cyclic esters (lactones) is 1. The highest BCUT2D eigenvalue weighted by Gasteiger charge is 2.62. The molecule has 2 fully saturated rings. The number of hydrogen-bond donors (Lipinski definition) is 0. The molecule has 0 aliphatic carbocycles. The van der Waals surface area contributed by atoms with E-state index in [1.165, 1.54) is 0 Å². The predicted molar refractivity (Wildman–Crippen MR) is 70.9 cm³/mol. The van der Waals surface area contributed by atoms with Crippen LogP contribution in [0.5, 0.6) is 0 Å². The molecule has 0 radical (unpaired) electrons. The number of hydrogen-bond acceptors (Lipinski definition) is 3. The molecule has 0 aromatic heterocycles. The van der Waals surface area contributed by atoms with Crippen molar-refractivity contribution in [3.63, 3.8) is 0 Å². The van der Waals surface area contributed by atoms with Crippen molar-refractivity contribution in [1.82, 2.24) is 0 Å². The molecule has 2 heterocycles. The van der Waals surface area contributed by atoms with Gasteiger partial charge in [0.1, 0.15) is 11.5 Å². The Balaban J connectivity index is 2.00. The number of carbonyl (C=O) groups is 2. The summed E-state index contributed by atoms with van der Waals surface area (Å²) in [6.07, 6.45) is 0.0964. The number of anilines is 1. The second-order valence-corrected chi connectivity index (χ2v) is 5.60. The molecular weight excluding hydrogens is 242 g/mol. The molecule has 2 aliphatic rings. The molecule has 0 N–H and O–H groups in total. The van der Waals surface area contributed by atoms with Crippen molar-refractivity contribution >= 4 is 17.6 Å². The molecule has 0 bridgehead atoms. The highest BCUT2D eigenvalue weighted by molar-refractivity contribution is 6.03. The fourth-order valence-electron chi connectivity index (χ4n) is 3.13. The highest BCUT2D eigenvalue weighted by atomic mass is 16.6. The predicted octanol–water partition coefficient (Wildman–Crippen LogP) is 1.97. The van der Waals surface area contributed by atoms with Crippen LogP contribution in [0.15, 0.2) is 18.2 Å². The van der Waals surface area contributed by atoms with Gasteiger partial charge in [0.05, 0.1) is 0 Å². The van der Waals surface area contributed by atoms with E-state index in [-0.39, 0.29) is 24.4 Å². The van der Waals surface area contributed by atoms with Gasteiger partial charge in [-0.1, -0.05) is 18.2 Å². The first-order valence-corrected chi connectivity index (χ1v) is 6.53. The molecule has 1 aromatic rings. The summed E-state index contributed by atoms with van der Waals surface area (Å²) in [6.45, 7) is 6.28. The lowest BCUT2D eigenvalue weighted by atomic mass is 9.77. The van der Waals surface area contributed by atoms with Crippen molar-refractivity contribution in [2.45, 2.75) is 33.3 Å². The average Bonchev–Trinajstić information content (AvgIpc) is 2.71. The van der Waals surface area contributed by atoms with Crippen LogP contribution in [0.25, 0.3) is 0 Å². The van der Waals surface area contributed by atoms with E-state index in [1.807, 2.05) is 39.0 Å². The summed E-state index contributed by atoms with van der Waals surface area (Å²) in [7, 11) is 0. The molecule has 19 heavy (non-hydrogen) atoms. The summed E-state index contributed by atoms with van der Waals surface area (Å²) in [5, 5.41) is 0. The Labute approximate surface area is 112 Å². The molecule has 1 amide bonds. The van der Waals surface area contributed by atoms with Gasteiger partial charge in [-0.3, -0.25) is 9.59 Å². The summed E-state index contributed by atoms with van der Waals surface area (Å²) in [6, 6.07) is 5.96. The number of nitrogens with zero attached hydrogens (tertiary/aromatic N) is 1. The molecule has 4 nitrogen and oxygen atoms in total. The average molecular weight is 259 g/mol. The van der Waals surface area contributed by atoms with Gasteiger partial charge in [-0.2, -0.15) is 0 Å². The first-order chi connectivity index (χ1) is 8.95. The van der Waals surface area contributed by atoms with E-state index in [4.69, 9.17) is 4.74 Å². The number of carbonyl (C=O) groups excluding carboxylic acids is 2. The fraction of sp³-hybridized carbons (Fsp3) is 0.467. The second-order valence-electron chi connectivity index (χ2n) is 5.60. The lowest BCUT2D eigenvalue weighted by Crippen LogP contribution is -2.56. The quantitative estimate of drug-likeness (QED) is 0.724. The molecule has 100 valence electrons. The van der Waals surface area contributed by atoms with Crippen LogP contribution in [0.3, 0.4) is 0 Å². The maximum absolute atomic E-state index is 12.3. The SMILES string of the molecule is Cc1cccc(C)c1N1CC2(CC1=O)C(=O)OC2C. The molecule has 1 aromatic carbocycles. The topological polar surface area (TPSA) is 46.6 Å². The Bertz CT molecular complexity index is 561. The molecular formula is C15H17NO3. The van der Waals surface area contributed by atoms with E-state index < -0.39 is 5.41 Å². The first-order valence-electron chi connectivity index (χ1n) is 6.53. The van der Waals surface area contributed by atoms with Gasteiger partial charge in [0, 0.05) is 18.7 Å². The van der Waals surface area contributed by atoms with Crippen LogP contribution in [0.2, 0.25) is 0 Å². The van der Waals surface area contributed by atoms with Gasteiger partial charge >= 0.3 is 5.97 Å². The zero-order valence-corrected chi connectivity index (χ0v) is 11.4. The van der Waals surface area contributed by atoms with Gasteiger partial charge in [0.15, 0.2) is 0 Å². The largest absolute Gasteiger partial charge is 0.461 e. The van der Waals surface area contributed by atoms with Gasteiger partial charge < -0.3 is 9.64 Å². The van der Waals surface area contributed by atoms with E-state index >= 15 is 0 Å². The van der Waals surface area contributed by atoms with Gasteiger partial charge in [0.25, 0.3) is 0 Å². The van der Waals surface area contributed by atoms with Crippen molar-refractivity contribution in [2.75, 3.05) is 11.4 Å². The van der Waals surface area contributed by atoms with Crippen molar-refractivity contribution in [3.05, 3.63) is 29.3 Å². The summed E-state index contributed by atoms with van der Waals surface area (Å²) in [5.41, 5.74) is 2.44. The minimum absolute atomic E-state index is 0.0147. The Morgan fingerprint density at radius 2 is 1.89 bits per heavy atom. The molecule has 2 saturated heterocycles. The minimum atomic E-state index is -0.619. The summed E-state index contributed by atoms with van der Waals surface area (Å²) >= 11 is 0. The van der Waals surface area contributed by atoms with Crippen LogP contribution < -0.4 is 4.90 Å². The number of ether oxygens (including phenoxy) is 1. The monoisotopic (exact) mass is 259 g/mol. The Morgan fingerprint density at radius 1 is 1.26 bits per heavy atom. The maximum atomic E-state index is 12.3. The third-order valence-electron chi connectivity index (χ3n) is 4.39. The van der Waals surface area contributed by atoms with Crippen LogP contribution in [-0.2, 0) is 14.3 Å². The highest BCUT2D eigenvalue weighted by Crippen LogP contribution is 2.46. The molecule has 1 spiro atoms. The number of aryl methyl sites for hydroxylation is 2. The molecule has 2 atom stereocenters. The molecule has 2 aliphatic heterocycles. The first kappa shape index (κ1) is 12.2. The number of para-hydroxylation sites is 1. The summed E-state index contributed by atoms with van der Waals surface area (Å²) in [4.78, 5) is 25.8. The number of benzene rings is 1. The molecule has 4 heteroatoms. The maximum Gasteiger partial charge on any atom is 0.318 e. The van der Waals surface area contributed by atoms with Gasteiger partial charge in [0.2, 0.25) is 5.91 Å². The lowest BCUT2D eigenvalue weighted by Gasteiger charge is -2.41. The molecule has 2 unspecified atom stereocenters. The van der Waals surface area contributed by atoms with Crippen molar-refractivity contribution < 1.29 is 14.3 Å². The normalized spacial score (nSPS) is 29.6. The van der Waals surface area contributed by atoms with Gasteiger partial charge in [-0.15, -0.1) is 0 Å². The minimum Gasteiger partial charge on any atom is -0.461 e. The van der Waals surface area contributed by atoms with Crippen molar-refractivity contribution in [2.24, 2.45) is 5.41 Å². The number of esters is 1. The fourth-order valence-corrected chi connectivity index (χ4v) is 3.13. The van der Waals surface area contributed by atoms with Crippen LogP contribution in [0.4, 0.5) is 5.69 Å². The van der Waals surface area contributed by atoms with E-state index in [9.17, 15) is 9.59 Å². The summed E-state index contributed by atoms with van der Waals surface area (Å²) < 4.78 is 5.05. The van der Waals surface area contributed by atoms with E-state index in [2.05, 4.69) is 0 Å². The number of amides is 1. The Hall–Kier alpha value is -1.84. The van der Waals surface area contributed by atoms with Crippen LogP contribution in [0, 0.1) is 19.3 Å². The Kier molecular flexibility index (Phi) is 2.46. The third kappa shape index (κ3) is 1.52. The second kappa shape index (κ2) is 3.83. The lowest BCUT2D eigenvalue weighted by molar-refractivity contribution is -0.200. The third-order valence-corrected chi connectivity index (χ3v) is 4.39. The molecule has 0 saturated carbocycles. The van der Waals surface area contributed by atoms with Crippen molar-refractivity contribution in [1.29, 1.82) is 0 Å². The van der Waals surface area contributed by atoms with Gasteiger partial charge in [-0.05, 0) is 31.9 Å². The van der Waals surface area contributed by atoms with Gasteiger partial charge in [-0.25, -0.2) is 0 Å². The van der Waals surface area contributed by atoms with Crippen LogP contribution in [0.1, 0.15) is 24.5 Å². The zero-order chi connectivity index (χ0) is 13.8. The zero-order valence-electron chi connectivity index (χ0n) is 11.4. The van der Waals surface area contributed by atoms with Crippen LogP contribution >= 0.6 is 0 Å². The molecule has 3 rings (SSSR count). The van der Waals surface area contributed by atoms with E-state index in [0.29, 0.717) is 6.54 Å². The van der Waals surface area contributed by atoms with Crippen molar-refractivity contribution in [3.8, 4) is 0 Å². The van der Waals surface area contributed by atoms with E-state index in [0.717, 1.165) is 16.8 Å². The standard InChI is InChI=1S/C15H17NO3/c1-9-5-4-6-10(2)13(9)16-8-15(7-12(16)17)11(3)19-14(15)18/h4-6,11H,7-8H2,1-3H3.